The van der Waals surface area contributed by atoms with Crippen LogP contribution in [0.1, 0.15) is 23.0 Å². The summed E-state index contributed by atoms with van der Waals surface area (Å²) in [4.78, 5) is 12.2. The first-order chi connectivity index (χ1) is 11.6. The van der Waals surface area contributed by atoms with Crippen LogP contribution in [0.4, 0.5) is 10.2 Å². The van der Waals surface area contributed by atoms with E-state index in [2.05, 4.69) is 15.5 Å². The highest BCUT2D eigenvalue weighted by molar-refractivity contribution is 6.34. The number of anilines is 1. The Morgan fingerprint density at radius 2 is 2.04 bits per heavy atom. The number of hydrogen-bond donors (Lipinski definition) is 1. The molecule has 0 atom stereocenters. The number of aromatic nitrogens is 4. The number of carbonyl (C=O) groups excluding carboxylic acids is 1. The molecule has 1 N–H and O–H groups in total. The van der Waals surface area contributed by atoms with Gasteiger partial charge in [-0.3, -0.25) is 14.2 Å². The van der Waals surface area contributed by atoms with Gasteiger partial charge >= 0.3 is 0 Å². The highest BCUT2D eigenvalue weighted by Crippen LogP contribution is 2.16. The smallest absolute Gasteiger partial charge is 0.278 e. The number of amides is 1. The quantitative estimate of drug-likeness (QED) is 0.770. The van der Waals surface area contributed by atoms with Crippen LogP contribution >= 0.6 is 11.6 Å². The van der Waals surface area contributed by atoms with Crippen molar-refractivity contribution in [1.82, 2.24) is 19.6 Å². The van der Waals surface area contributed by atoms with Crippen LogP contribution < -0.4 is 5.32 Å². The Kier molecular flexibility index (Phi) is 4.61. The van der Waals surface area contributed by atoms with Crippen molar-refractivity contribution in [3.8, 4) is 0 Å². The lowest BCUT2D eigenvalue weighted by Gasteiger charge is -2.03. The Balaban J connectivity index is 1.70. The number of hydrogen-bond acceptors (Lipinski definition) is 3. The molecule has 0 radical (unpaired) electrons. The fourth-order valence-corrected chi connectivity index (χ4v) is 2.44. The topological polar surface area (TPSA) is 64.7 Å². The van der Waals surface area contributed by atoms with Gasteiger partial charge in [-0.05, 0) is 13.0 Å². The molecule has 8 heteroatoms. The van der Waals surface area contributed by atoms with Gasteiger partial charge in [0.15, 0.2) is 11.5 Å². The minimum absolute atomic E-state index is 0.141. The van der Waals surface area contributed by atoms with E-state index in [1.807, 2.05) is 6.92 Å². The number of aryl methyl sites for hydroxylation is 1. The number of halogens is 2. The maximum Gasteiger partial charge on any atom is 0.278 e. The van der Waals surface area contributed by atoms with Crippen molar-refractivity contribution in [1.29, 1.82) is 0 Å². The zero-order valence-electron chi connectivity index (χ0n) is 12.9. The van der Waals surface area contributed by atoms with Gasteiger partial charge in [0.25, 0.3) is 5.91 Å². The lowest BCUT2D eigenvalue weighted by molar-refractivity contribution is 0.102. The molecule has 6 nitrogen and oxygen atoms in total. The number of benzene rings is 1. The Morgan fingerprint density at radius 1 is 1.25 bits per heavy atom. The van der Waals surface area contributed by atoms with Gasteiger partial charge < -0.3 is 5.32 Å². The molecule has 0 fully saturated rings. The average Bonchev–Trinajstić information content (AvgIpc) is 3.16. The molecule has 3 rings (SSSR count). The van der Waals surface area contributed by atoms with Crippen molar-refractivity contribution in [2.75, 3.05) is 5.32 Å². The minimum Gasteiger partial charge on any atom is -0.304 e. The van der Waals surface area contributed by atoms with E-state index in [4.69, 9.17) is 11.6 Å². The van der Waals surface area contributed by atoms with E-state index >= 15 is 0 Å². The number of nitrogens with one attached hydrogen (secondary N) is 1. The Hall–Kier alpha value is -2.67. The summed E-state index contributed by atoms with van der Waals surface area (Å²) in [5.74, 6) is -0.391. The van der Waals surface area contributed by atoms with Gasteiger partial charge in [0.05, 0.1) is 11.6 Å². The molecular weight excluding hydrogens is 333 g/mol. The lowest BCUT2D eigenvalue weighted by Crippen LogP contribution is -2.14. The van der Waals surface area contributed by atoms with Crippen LogP contribution in [0, 0.1) is 5.82 Å². The SMILES string of the molecule is CCn1cc(Cl)c(C(=O)Nc2ccn(Cc3ccccc3F)n2)n1. The molecule has 0 aliphatic rings. The van der Waals surface area contributed by atoms with Crippen molar-refractivity contribution in [2.24, 2.45) is 0 Å². The molecule has 1 aromatic carbocycles. The van der Waals surface area contributed by atoms with E-state index in [9.17, 15) is 9.18 Å². The summed E-state index contributed by atoms with van der Waals surface area (Å²) < 4.78 is 16.8. The third-order valence-corrected chi connectivity index (χ3v) is 3.71. The maximum atomic E-state index is 13.7. The number of rotatable bonds is 5. The normalized spacial score (nSPS) is 10.8. The molecule has 24 heavy (non-hydrogen) atoms. The summed E-state index contributed by atoms with van der Waals surface area (Å²) in [6, 6.07) is 8.10. The van der Waals surface area contributed by atoms with Gasteiger partial charge in [0.1, 0.15) is 5.82 Å². The zero-order valence-corrected chi connectivity index (χ0v) is 13.7. The van der Waals surface area contributed by atoms with Crippen LogP contribution in [0.25, 0.3) is 0 Å². The van der Waals surface area contributed by atoms with E-state index in [1.54, 1.807) is 46.0 Å². The van der Waals surface area contributed by atoms with Crippen molar-refractivity contribution in [3.63, 3.8) is 0 Å². The summed E-state index contributed by atoms with van der Waals surface area (Å²) >= 11 is 6.00. The van der Waals surface area contributed by atoms with Gasteiger partial charge in [-0.25, -0.2) is 4.39 Å². The van der Waals surface area contributed by atoms with Crippen LogP contribution in [-0.2, 0) is 13.1 Å². The summed E-state index contributed by atoms with van der Waals surface area (Å²) in [5.41, 5.74) is 0.658. The summed E-state index contributed by atoms with van der Waals surface area (Å²) in [5, 5.41) is 11.2. The molecule has 124 valence electrons. The van der Waals surface area contributed by atoms with Crippen LogP contribution in [0.2, 0.25) is 5.02 Å². The molecule has 0 unspecified atom stereocenters. The second-order valence-electron chi connectivity index (χ2n) is 5.13. The minimum atomic E-state index is -0.441. The standard InChI is InChI=1S/C16H15ClFN5O/c1-2-22-10-12(17)15(21-22)16(24)19-14-7-8-23(20-14)9-11-5-3-4-6-13(11)18/h3-8,10H,2,9H2,1H3,(H,19,20,24). The van der Waals surface area contributed by atoms with Gasteiger partial charge in [0, 0.05) is 30.6 Å². The predicted molar refractivity (Wildman–Crippen MR) is 88.6 cm³/mol. The fourth-order valence-electron chi connectivity index (χ4n) is 2.21. The highest BCUT2D eigenvalue weighted by Gasteiger charge is 2.16. The summed E-state index contributed by atoms with van der Waals surface area (Å²) in [6.07, 6.45) is 3.25. The zero-order chi connectivity index (χ0) is 17.1. The van der Waals surface area contributed by atoms with E-state index in [0.717, 1.165) is 0 Å². The molecule has 3 aromatic rings. The monoisotopic (exact) mass is 347 g/mol. The molecular formula is C16H15ClFN5O. The van der Waals surface area contributed by atoms with Crippen LogP contribution in [0.5, 0.6) is 0 Å². The predicted octanol–water partition coefficient (Wildman–Crippen LogP) is 3.19. The maximum absolute atomic E-state index is 13.7. The molecule has 2 heterocycles. The van der Waals surface area contributed by atoms with Crippen molar-refractivity contribution >= 4 is 23.3 Å². The molecule has 1 amide bonds. The first-order valence-corrected chi connectivity index (χ1v) is 7.75. The van der Waals surface area contributed by atoms with Gasteiger partial charge in [-0.1, -0.05) is 29.8 Å². The Bertz CT molecular complexity index is 873. The summed E-state index contributed by atoms with van der Waals surface area (Å²) in [7, 11) is 0. The molecule has 0 spiro atoms. The summed E-state index contributed by atoms with van der Waals surface area (Å²) in [6.45, 7) is 2.79. The number of carbonyl (C=O) groups is 1. The van der Waals surface area contributed by atoms with E-state index < -0.39 is 5.91 Å². The number of nitrogens with zero attached hydrogens (tertiary/aromatic N) is 4. The average molecular weight is 348 g/mol. The molecule has 2 aromatic heterocycles. The first-order valence-electron chi connectivity index (χ1n) is 7.38. The third-order valence-electron chi connectivity index (χ3n) is 3.43. The molecule has 0 saturated carbocycles. The largest absolute Gasteiger partial charge is 0.304 e. The molecule has 0 saturated heterocycles. The van der Waals surface area contributed by atoms with Gasteiger partial charge in [-0.15, -0.1) is 0 Å². The van der Waals surface area contributed by atoms with Gasteiger partial charge in [0.2, 0.25) is 0 Å². The van der Waals surface area contributed by atoms with E-state index in [0.29, 0.717) is 17.9 Å². The third kappa shape index (κ3) is 3.46. The Labute approximate surface area is 142 Å². The highest BCUT2D eigenvalue weighted by atomic mass is 35.5. The van der Waals surface area contributed by atoms with E-state index in [1.165, 1.54) is 6.07 Å². The molecule has 0 aliphatic heterocycles. The van der Waals surface area contributed by atoms with E-state index in [-0.39, 0.29) is 23.1 Å². The second kappa shape index (κ2) is 6.84. The van der Waals surface area contributed by atoms with Gasteiger partial charge in [-0.2, -0.15) is 10.2 Å². The van der Waals surface area contributed by atoms with Crippen LogP contribution in [0.3, 0.4) is 0 Å². The van der Waals surface area contributed by atoms with Crippen LogP contribution in [0.15, 0.2) is 42.7 Å². The van der Waals surface area contributed by atoms with Crippen LogP contribution in [-0.4, -0.2) is 25.5 Å². The Morgan fingerprint density at radius 3 is 2.75 bits per heavy atom. The van der Waals surface area contributed by atoms with Crippen molar-refractivity contribution in [3.05, 3.63) is 64.8 Å². The first kappa shape index (κ1) is 16.2. The molecule has 0 bridgehead atoms. The lowest BCUT2D eigenvalue weighted by atomic mass is 10.2. The van der Waals surface area contributed by atoms with Crippen molar-refractivity contribution in [2.45, 2.75) is 20.0 Å². The van der Waals surface area contributed by atoms with Crippen molar-refractivity contribution < 1.29 is 9.18 Å². The second-order valence-corrected chi connectivity index (χ2v) is 5.53. The molecule has 0 aliphatic carbocycles. The fraction of sp³-hybridized carbons (Fsp3) is 0.188.